The number of phenols is 1. The number of amides is 1. The smallest absolute Gasteiger partial charge is 0.240 e. The molecule has 4 nitrogen and oxygen atoms in total. The Morgan fingerprint density at radius 2 is 1.80 bits per heavy atom. The average molecular weight is 358 g/mol. The molecule has 1 unspecified atom stereocenters. The van der Waals surface area contributed by atoms with Crippen molar-refractivity contribution in [1.82, 2.24) is 0 Å². The van der Waals surface area contributed by atoms with Crippen molar-refractivity contribution in [3.63, 3.8) is 0 Å². The lowest BCUT2D eigenvalue weighted by molar-refractivity contribution is -0.145. The minimum Gasteiger partial charge on any atom is -0.508 e. The SMILES string of the molecule is Cc1c(O)cc2c(c1C)N(c1ccc(Cl)cc1)C(=O)C1(CCC1)C2O. The number of nitrogens with zero attached hydrogens (tertiary/aromatic N) is 1. The van der Waals surface area contributed by atoms with Gasteiger partial charge in [-0.3, -0.25) is 9.69 Å². The van der Waals surface area contributed by atoms with E-state index in [1.807, 2.05) is 26.0 Å². The first-order valence-corrected chi connectivity index (χ1v) is 8.86. The predicted octanol–water partition coefficient (Wildman–Crippen LogP) is 4.54. The molecule has 2 aromatic carbocycles. The van der Waals surface area contributed by atoms with E-state index in [4.69, 9.17) is 11.6 Å². The van der Waals surface area contributed by atoms with Crippen molar-refractivity contribution in [1.29, 1.82) is 0 Å². The van der Waals surface area contributed by atoms with Gasteiger partial charge in [0.25, 0.3) is 0 Å². The summed E-state index contributed by atoms with van der Waals surface area (Å²) in [5, 5.41) is 21.8. The maximum absolute atomic E-state index is 13.4. The number of anilines is 2. The standard InChI is InChI=1S/C20H20ClNO3/c1-11-12(2)17-15(10-16(11)23)18(24)20(8-3-9-20)19(25)22(17)14-6-4-13(21)5-7-14/h4-7,10,18,23-24H,3,8-9H2,1-2H3. The van der Waals surface area contributed by atoms with Gasteiger partial charge in [0.2, 0.25) is 5.91 Å². The summed E-state index contributed by atoms with van der Waals surface area (Å²) in [5.41, 5.74) is 2.74. The molecular weight excluding hydrogens is 338 g/mol. The van der Waals surface area contributed by atoms with E-state index >= 15 is 0 Å². The lowest BCUT2D eigenvalue weighted by Crippen LogP contribution is -2.53. The monoisotopic (exact) mass is 357 g/mol. The first kappa shape index (κ1) is 16.4. The summed E-state index contributed by atoms with van der Waals surface area (Å²) < 4.78 is 0. The third-order valence-electron chi connectivity index (χ3n) is 5.87. The van der Waals surface area contributed by atoms with Crippen LogP contribution in [0, 0.1) is 19.3 Å². The van der Waals surface area contributed by atoms with Crippen molar-refractivity contribution in [3.05, 3.63) is 52.0 Å². The molecule has 5 heteroatoms. The van der Waals surface area contributed by atoms with E-state index in [1.54, 1.807) is 23.1 Å². The molecule has 130 valence electrons. The Labute approximate surface area is 151 Å². The number of benzene rings is 2. The fourth-order valence-electron chi connectivity index (χ4n) is 4.04. The largest absolute Gasteiger partial charge is 0.508 e. The van der Waals surface area contributed by atoms with Crippen LogP contribution in [0.15, 0.2) is 30.3 Å². The van der Waals surface area contributed by atoms with E-state index in [0.29, 0.717) is 34.7 Å². The molecule has 0 saturated heterocycles. The van der Waals surface area contributed by atoms with Crippen LogP contribution >= 0.6 is 11.6 Å². The minimum absolute atomic E-state index is 0.0748. The van der Waals surface area contributed by atoms with Crippen LogP contribution in [-0.2, 0) is 4.79 Å². The van der Waals surface area contributed by atoms with Gasteiger partial charge in [0, 0.05) is 16.3 Å². The van der Waals surface area contributed by atoms with Crippen molar-refractivity contribution in [2.45, 2.75) is 39.2 Å². The van der Waals surface area contributed by atoms with Crippen molar-refractivity contribution < 1.29 is 15.0 Å². The van der Waals surface area contributed by atoms with E-state index in [2.05, 4.69) is 0 Å². The van der Waals surface area contributed by atoms with Crippen molar-refractivity contribution in [2.75, 3.05) is 4.90 Å². The van der Waals surface area contributed by atoms with Crippen molar-refractivity contribution >= 4 is 28.9 Å². The maximum Gasteiger partial charge on any atom is 0.240 e. The number of aliphatic hydroxyl groups excluding tert-OH is 1. The summed E-state index contributed by atoms with van der Waals surface area (Å²) in [6.45, 7) is 3.69. The molecule has 1 atom stereocenters. The van der Waals surface area contributed by atoms with Crippen LogP contribution in [-0.4, -0.2) is 16.1 Å². The maximum atomic E-state index is 13.4. The van der Waals surface area contributed by atoms with Gasteiger partial charge in [0.05, 0.1) is 17.2 Å². The van der Waals surface area contributed by atoms with Gasteiger partial charge < -0.3 is 10.2 Å². The Morgan fingerprint density at radius 1 is 1.16 bits per heavy atom. The number of aromatic hydroxyl groups is 1. The zero-order chi connectivity index (χ0) is 17.9. The second-order valence-electron chi connectivity index (χ2n) is 7.11. The first-order valence-electron chi connectivity index (χ1n) is 8.48. The summed E-state index contributed by atoms with van der Waals surface area (Å²) in [6, 6.07) is 8.75. The Bertz CT molecular complexity index is 872. The number of phenolic OH excluding ortho intramolecular Hbond substituents is 1. The molecule has 4 rings (SSSR count). The summed E-state index contributed by atoms with van der Waals surface area (Å²) in [4.78, 5) is 15.1. The minimum atomic E-state index is -0.891. The number of carbonyl (C=O) groups is 1. The molecule has 1 aliphatic heterocycles. The van der Waals surface area contributed by atoms with Gasteiger partial charge in [-0.2, -0.15) is 0 Å². The Morgan fingerprint density at radius 3 is 2.36 bits per heavy atom. The highest BCUT2D eigenvalue weighted by Gasteiger charge is 2.56. The summed E-state index contributed by atoms with van der Waals surface area (Å²) in [5.74, 6) is 0.0736. The molecule has 1 spiro atoms. The molecule has 2 N–H and O–H groups in total. The summed E-state index contributed by atoms with van der Waals surface area (Å²) >= 11 is 6.01. The molecular formula is C20H20ClNO3. The van der Waals surface area contributed by atoms with Crippen molar-refractivity contribution in [2.24, 2.45) is 5.41 Å². The summed E-state index contributed by atoms with van der Waals surface area (Å²) in [7, 11) is 0. The average Bonchev–Trinajstić information content (AvgIpc) is 2.54. The molecule has 0 aromatic heterocycles. The van der Waals surface area contributed by atoms with Crippen LogP contribution in [0.5, 0.6) is 5.75 Å². The molecule has 1 amide bonds. The van der Waals surface area contributed by atoms with Crippen LogP contribution in [0.3, 0.4) is 0 Å². The Kier molecular flexibility index (Phi) is 3.60. The number of carbonyl (C=O) groups excluding carboxylic acids is 1. The highest BCUT2D eigenvalue weighted by molar-refractivity contribution is 6.30. The van der Waals surface area contributed by atoms with Crippen molar-refractivity contribution in [3.8, 4) is 5.75 Å². The zero-order valence-corrected chi connectivity index (χ0v) is 15.0. The molecule has 1 heterocycles. The second kappa shape index (κ2) is 5.48. The quantitative estimate of drug-likeness (QED) is 0.787. The predicted molar refractivity (Wildman–Crippen MR) is 97.4 cm³/mol. The first-order chi connectivity index (χ1) is 11.9. The molecule has 0 radical (unpaired) electrons. The highest BCUT2D eigenvalue weighted by Crippen LogP contribution is 2.59. The molecule has 2 aliphatic rings. The molecule has 25 heavy (non-hydrogen) atoms. The number of aliphatic hydroxyl groups is 1. The van der Waals surface area contributed by atoms with Crippen LogP contribution in [0.4, 0.5) is 11.4 Å². The van der Waals surface area contributed by atoms with Crippen LogP contribution < -0.4 is 4.90 Å². The topological polar surface area (TPSA) is 60.8 Å². The van der Waals surface area contributed by atoms with E-state index in [9.17, 15) is 15.0 Å². The third kappa shape index (κ3) is 2.14. The number of fused-ring (bicyclic) bond motifs is 1. The van der Waals surface area contributed by atoms with Gasteiger partial charge in [-0.15, -0.1) is 0 Å². The number of rotatable bonds is 1. The van der Waals surface area contributed by atoms with E-state index < -0.39 is 11.5 Å². The van der Waals surface area contributed by atoms with Gasteiger partial charge >= 0.3 is 0 Å². The van der Waals surface area contributed by atoms with E-state index in [-0.39, 0.29) is 11.7 Å². The van der Waals surface area contributed by atoms with Gasteiger partial charge in [-0.1, -0.05) is 18.0 Å². The lowest BCUT2D eigenvalue weighted by Gasteiger charge is -2.51. The van der Waals surface area contributed by atoms with E-state index in [0.717, 1.165) is 17.7 Å². The molecule has 1 fully saturated rings. The number of halogens is 1. The molecule has 2 aromatic rings. The number of hydrogen-bond acceptors (Lipinski definition) is 3. The normalized spacial score (nSPS) is 21.2. The second-order valence-corrected chi connectivity index (χ2v) is 7.55. The van der Waals surface area contributed by atoms with Crippen LogP contribution in [0.1, 0.15) is 42.1 Å². The fourth-order valence-corrected chi connectivity index (χ4v) is 4.16. The van der Waals surface area contributed by atoms with E-state index in [1.165, 1.54) is 0 Å². The zero-order valence-electron chi connectivity index (χ0n) is 14.2. The van der Waals surface area contributed by atoms with Gasteiger partial charge in [0.15, 0.2) is 0 Å². The lowest BCUT2D eigenvalue weighted by atomic mass is 9.60. The highest BCUT2D eigenvalue weighted by atomic mass is 35.5. The molecule has 1 saturated carbocycles. The van der Waals surface area contributed by atoms with Gasteiger partial charge in [0.1, 0.15) is 5.75 Å². The Balaban J connectivity index is 2.00. The number of hydrogen-bond donors (Lipinski definition) is 2. The third-order valence-corrected chi connectivity index (χ3v) is 6.12. The Hall–Kier alpha value is -2.04. The molecule has 1 aliphatic carbocycles. The van der Waals surface area contributed by atoms with Gasteiger partial charge in [-0.25, -0.2) is 0 Å². The van der Waals surface area contributed by atoms with Crippen LogP contribution in [0.25, 0.3) is 0 Å². The summed E-state index contributed by atoms with van der Waals surface area (Å²) in [6.07, 6.45) is 1.34. The molecule has 0 bridgehead atoms. The van der Waals surface area contributed by atoms with Gasteiger partial charge in [-0.05, 0) is 68.1 Å². The van der Waals surface area contributed by atoms with Crippen LogP contribution in [0.2, 0.25) is 5.02 Å². The fraction of sp³-hybridized carbons (Fsp3) is 0.350.